The smallest absolute Gasteiger partial charge is 0.192 e. The molecule has 98 valence electrons. The Labute approximate surface area is 105 Å². The third-order valence-electron chi connectivity index (χ3n) is 3.19. The average molecular weight is 251 g/mol. The molecule has 1 fully saturated rings. The largest absolute Gasteiger partial charge is 0.409 e. The highest BCUT2D eigenvalue weighted by Gasteiger charge is 2.27. The van der Waals surface area contributed by atoms with Crippen LogP contribution >= 0.6 is 0 Å². The Morgan fingerprint density at radius 2 is 2.22 bits per heavy atom. The van der Waals surface area contributed by atoms with Gasteiger partial charge in [0.05, 0.1) is 6.10 Å². The van der Waals surface area contributed by atoms with Gasteiger partial charge in [0, 0.05) is 25.5 Å². The summed E-state index contributed by atoms with van der Waals surface area (Å²) in [4.78, 5) is 10.3. The standard InChI is InChI=1S/C11H17N5O2/c1-7-6-16(5-2-8(7)17)11-9(10(12)15-18)13-3-4-14-11/h3-4,7-8,17-18H,2,5-6H2,1H3,(H2,12,15). The second-order valence-corrected chi connectivity index (χ2v) is 4.49. The maximum absolute atomic E-state index is 9.72. The van der Waals surface area contributed by atoms with Crippen LogP contribution in [0.25, 0.3) is 0 Å². The number of nitrogens with two attached hydrogens (primary N) is 1. The molecule has 7 nitrogen and oxygen atoms in total. The maximum Gasteiger partial charge on any atom is 0.192 e. The van der Waals surface area contributed by atoms with E-state index in [0.717, 1.165) is 0 Å². The van der Waals surface area contributed by atoms with Gasteiger partial charge in [-0.3, -0.25) is 0 Å². The molecule has 0 amide bonds. The van der Waals surface area contributed by atoms with Crippen molar-refractivity contribution in [2.75, 3.05) is 18.0 Å². The number of amidine groups is 1. The van der Waals surface area contributed by atoms with E-state index in [0.29, 0.717) is 31.0 Å². The Kier molecular flexibility index (Phi) is 3.61. The van der Waals surface area contributed by atoms with E-state index in [1.807, 2.05) is 11.8 Å². The number of aromatic nitrogens is 2. The molecule has 4 N–H and O–H groups in total. The van der Waals surface area contributed by atoms with Crippen LogP contribution in [-0.2, 0) is 0 Å². The number of aliphatic hydroxyl groups is 1. The van der Waals surface area contributed by atoms with Crippen molar-refractivity contribution >= 4 is 11.7 Å². The van der Waals surface area contributed by atoms with Crippen LogP contribution in [0.3, 0.4) is 0 Å². The molecule has 2 unspecified atom stereocenters. The molecule has 2 atom stereocenters. The molecule has 0 aromatic carbocycles. The molecule has 1 aromatic heterocycles. The van der Waals surface area contributed by atoms with Gasteiger partial charge in [0.1, 0.15) is 0 Å². The lowest BCUT2D eigenvalue weighted by atomic mass is 9.96. The molecule has 0 bridgehead atoms. The van der Waals surface area contributed by atoms with Crippen molar-refractivity contribution in [3.63, 3.8) is 0 Å². The van der Waals surface area contributed by atoms with Crippen molar-refractivity contribution in [1.29, 1.82) is 0 Å². The third kappa shape index (κ3) is 2.35. The molecule has 18 heavy (non-hydrogen) atoms. The molecular weight excluding hydrogens is 234 g/mol. The number of aliphatic hydroxyl groups excluding tert-OH is 1. The van der Waals surface area contributed by atoms with E-state index >= 15 is 0 Å². The van der Waals surface area contributed by atoms with Crippen LogP contribution in [0, 0.1) is 5.92 Å². The summed E-state index contributed by atoms with van der Waals surface area (Å²) < 4.78 is 0. The molecule has 0 radical (unpaired) electrons. The van der Waals surface area contributed by atoms with Gasteiger partial charge in [0.25, 0.3) is 0 Å². The second-order valence-electron chi connectivity index (χ2n) is 4.49. The normalized spacial score (nSPS) is 25.2. The topological polar surface area (TPSA) is 108 Å². The number of piperidine rings is 1. The lowest BCUT2D eigenvalue weighted by molar-refractivity contribution is 0.0968. The zero-order valence-corrected chi connectivity index (χ0v) is 10.2. The van der Waals surface area contributed by atoms with Gasteiger partial charge in [0.15, 0.2) is 17.3 Å². The fourth-order valence-electron chi connectivity index (χ4n) is 2.12. The van der Waals surface area contributed by atoms with Crippen LogP contribution < -0.4 is 10.6 Å². The van der Waals surface area contributed by atoms with E-state index < -0.39 is 0 Å². The minimum atomic E-state index is -0.287. The molecule has 2 heterocycles. The number of oxime groups is 1. The number of nitrogens with zero attached hydrogens (tertiary/aromatic N) is 4. The van der Waals surface area contributed by atoms with Crippen LogP contribution in [0.5, 0.6) is 0 Å². The van der Waals surface area contributed by atoms with Gasteiger partial charge in [0.2, 0.25) is 0 Å². The molecule has 2 rings (SSSR count). The molecule has 1 aliphatic rings. The van der Waals surface area contributed by atoms with Gasteiger partial charge in [-0.2, -0.15) is 0 Å². The Bertz CT molecular complexity index is 451. The Morgan fingerprint density at radius 1 is 1.50 bits per heavy atom. The zero-order chi connectivity index (χ0) is 13.1. The van der Waals surface area contributed by atoms with Crippen molar-refractivity contribution in [3.05, 3.63) is 18.1 Å². The molecular formula is C11H17N5O2. The number of anilines is 1. The maximum atomic E-state index is 9.72. The quantitative estimate of drug-likeness (QED) is 0.290. The Morgan fingerprint density at radius 3 is 2.89 bits per heavy atom. The molecule has 0 aliphatic carbocycles. The van der Waals surface area contributed by atoms with Gasteiger partial charge in [-0.25, -0.2) is 9.97 Å². The van der Waals surface area contributed by atoms with E-state index in [-0.39, 0.29) is 17.9 Å². The average Bonchev–Trinajstić information content (AvgIpc) is 2.41. The van der Waals surface area contributed by atoms with Crippen LogP contribution in [0.2, 0.25) is 0 Å². The Balaban J connectivity index is 2.28. The lowest BCUT2D eigenvalue weighted by Gasteiger charge is -2.35. The predicted octanol–water partition coefficient (Wildman–Crippen LogP) is -0.222. The van der Waals surface area contributed by atoms with Crippen LogP contribution in [0.15, 0.2) is 17.5 Å². The van der Waals surface area contributed by atoms with E-state index in [1.54, 1.807) is 6.20 Å². The van der Waals surface area contributed by atoms with E-state index in [2.05, 4.69) is 15.1 Å². The summed E-state index contributed by atoms with van der Waals surface area (Å²) in [5.41, 5.74) is 5.95. The first-order chi connectivity index (χ1) is 8.63. The molecule has 0 spiro atoms. The lowest BCUT2D eigenvalue weighted by Crippen LogP contribution is -2.43. The number of rotatable bonds is 2. The predicted molar refractivity (Wildman–Crippen MR) is 66.5 cm³/mol. The fourth-order valence-corrected chi connectivity index (χ4v) is 2.12. The molecule has 1 saturated heterocycles. The van der Waals surface area contributed by atoms with E-state index in [4.69, 9.17) is 10.9 Å². The highest BCUT2D eigenvalue weighted by Crippen LogP contribution is 2.23. The third-order valence-corrected chi connectivity index (χ3v) is 3.19. The van der Waals surface area contributed by atoms with Gasteiger partial charge in [-0.15, -0.1) is 0 Å². The van der Waals surface area contributed by atoms with Crippen molar-refractivity contribution in [1.82, 2.24) is 9.97 Å². The van der Waals surface area contributed by atoms with Gasteiger partial charge >= 0.3 is 0 Å². The summed E-state index contributed by atoms with van der Waals surface area (Å²) in [6.07, 6.45) is 3.45. The summed E-state index contributed by atoms with van der Waals surface area (Å²) in [7, 11) is 0. The first-order valence-corrected chi connectivity index (χ1v) is 5.85. The molecule has 7 heteroatoms. The zero-order valence-electron chi connectivity index (χ0n) is 10.2. The minimum Gasteiger partial charge on any atom is -0.409 e. The fraction of sp³-hybridized carbons (Fsp3) is 0.545. The van der Waals surface area contributed by atoms with Crippen LogP contribution in [-0.4, -0.2) is 45.3 Å². The van der Waals surface area contributed by atoms with Gasteiger partial charge in [-0.1, -0.05) is 12.1 Å². The summed E-state index contributed by atoms with van der Waals surface area (Å²) in [6, 6.07) is 0. The Hall–Kier alpha value is -1.89. The SMILES string of the molecule is CC1CN(c2nccnc2C(N)=NO)CCC1O. The van der Waals surface area contributed by atoms with Crippen molar-refractivity contribution in [2.45, 2.75) is 19.4 Å². The monoisotopic (exact) mass is 251 g/mol. The number of hydrogen-bond acceptors (Lipinski definition) is 6. The van der Waals surface area contributed by atoms with E-state index in [1.165, 1.54) is 6.20 Å². The molecule has 1 aromatic rings. The molecule has 1 aliphatic heterocycles. The van der Waals surface area contributed by atoms with Gasteiger partial charge < -0.3 is 20.9 Å². The van der Waals surface area contributed by atoms with Gasteiger partial charge in [-0.05, 0) is 12.3 Å². The first-order valence-electron chi connectivity index (χ1n) is 5.85. The highest BCUT2D eigenvalue weighted by atomic mass is 16.4. The first kappa shape index (κ1) is 12.6. The van der Waals surface area contributed by atoms with Crippen molar-refractivity contribution < 1.29 is 10.3 Å². The number of hydrogen-bond donors (Lipinski definition) is 3. The summed E-state index contributed by atoms with van der Waals surface area (Å²) in [5.74, 6) is 0.685. The summed E-state index contributed by atoms with van der Waals surface area (Å²) in [5, 5.41) is 21.4. The minimum absolute atomic E-state index is 0.0584. The highest BCUT2D eigenvalue weighted by molar-refractivity contribution is 5.99. The van der Waals surface area contributed by atoms with Crippen LogP contribution in [0.1, 0.15) is 19.0 Å². The molecule has 0 saturated carbocycles. The van der Waals surface area contributed by atoms with Crippen molar-refractivity contribution in [2.24, 2.45) is 16.8 Å². The second kappa shape index (κ2) is 5.18. The summed E-state index contributed by atoms with van der Waals surface area (Å²) >= 11 is 0. The van der Waals surface area contributed by atoms with Crippen molar-refractivity contribution in [3.8, 4) is 0 Å². The van der Waals surface area contributed by atoms with Crippen LogP contribution in [0.4, 0.5) is 5.82 Å². The summed E-state index contributed by atoms with van der Waals surface area (Å²) in [6.45, 7) is 3.33. The van der Waals surface area contributed by atoms with E-state index in [9.17, 15) is 5.11 Å².